The van der Waals surface area contributed by atoms with Crippen molar-refractivity contribution in [1.29, 1.82) is 0 Å². The summed E-state index contributed by atoms with van der Waals surface area (Å²) >= 11 is 3.13. The van der Waals surface area contributed by atoms with Gasteiger partial charge >= 0.3 is 0 Å². The number of nitrogens with one attached hydrogen (secondary N) is 1. The van der Waals surface area contributed by atoms with E-state index in [1.807, 2.05) is 0 Å². The second kappa shape index (κ2) is 3.65. The van der Waals surface area contributed by atoms with Crippen LogP contribution >= 0.6 is 15.9 Å². The van der Waals surface area contributed by atoms with E-state index in [-0.39, 0.29) is 11.8 Å². The maximum absolute atomic E-state index is 12.7. The monoisotopic (exact) mass is 258 g/mol. The minimum absolute atomic E-state index is 0.0372. The maximum atomic E-state index is 12.7. The van der Waals surface area contributed by atoms with Crippen LogP contribution in [0.25, 0.3) is 0 Å². The molecule has 1 saturated carbocycles. The first-order valence-corrected chi connectivity index (χ1v) is 5.08. The molecule has 1 N–H and O–H groups in total. The van der Waals surface area contributed by atoms with Crippen molar-refractivity contribution >= 4 is 27.7 Å². The molecule has 3 nitrogen and oxygen atoms in total. The van der Waals surface area contributed by atoms with Gasteiger partial charge < -0.3 is 5.32 Å². The normalized spacial score (nSPS) is 15.3. The molecular weight excluding hydrogens is 251 g/mol. The van der Waals surface area contributed by atoms with Crippen molar-refractivity contribution in [1.82, 2.24) is 4.98 Å². The fourth-order valence-corrected chi connectivity index (χ4v) is 1.49. The average molecular weight is 259 g/mol. The fourth-order valence-electron chi connectivity index (χ4n) is 1.07. The fraction of sp³-hybridized carbons (Fsp3) is 0.333. The smallest absolute Gasteiger partial charge is 0.228 e. The summed E-state index contributed by atoms with van der Waals surface area (Å²) in [7, 11) is 0. The summed E-state index contributed by atoms with van der Waals surface area (Å²) in [6.45, 7) is 0. The molecule has 1 aliphatic carbocycles. The SMILES string of the molecule is O=C(Nc1ncc(F)cc1Br)C1CC1. The van der Waals surface area contributed by atoms with E-state index < -0.39 is 5.82 Å². The van der Waals surface area contributed by atoms with Crippen molar-refractivity contribution in [2.45, 2.75) is 12.8 Å². The molecule has 1 aromatic heterocycles. The molecule has 2 rings (SSSR count). The molecule has 74 valence electrons. The van der Waals surface area contributed by atoms with Crippen LogP contribution in [0.15, 0.2) is 16.7 Å². The van der Waals surface area contributed by atoms with Crippen molar-refractivity contribution in [2.24, 2.45) is 5.92 Å². The standard InChI is InChI=1S/C9H8BrFN2O/c10-7-3-6(11)4-12-8(7)13-9(14)5-1-2-5/h3-5H,1-2H2,(H,12,13,14). The van der Waals surface area contributed by atoms with Gasteiger partial charge in [0.25, 0.3) is 0 Å². The quantitative estimate of drug-likeness (QED) is 0.885. The number of rotatable bonds is 2. The van der Waals surface area contributed by atoms with Crippen LogP contribution in [0.4, 0.5) is 10.2 Å². The topological polar surface area (TPSA) is 42.0 Å². The Bertz CT molecular complexity index is 379. The van der Waals surface area contributed by atoms with Gasteiger partial charge in [0, 0.05) is 5.92 Å². The predicted octanol–water partition coefficient (Wildman–Crippen LogP) is 2.33. The summed E-state index contributed by atoms with van der Waals surface area (Å²) < 4.78 is 13.1. The molecule has 0 aromatic carbocycles. The first-order valence-electron chi connectivity index (χ1n) is 4.29. The Labute approximate surface area is 88.8 Å². The van der Waals surface area contributed by atoms with Gasteiger partial charge in [-0.2, -0.15) is 0 Å². The minimum Gasteiger partial charge on any atom is -0.310 e. The van der Waals surface area contributed by atoms with Crippen LogP contribution < -0.4 is 5.32 Å². The van der Waals surface area contributed by atoms with Crippen molar-refractivity contribution in [3.05, 3.63) is 22.6 Å². The summed E-state index contributed by atoms with van der Waals surface area (Å²) in [5.74, 6) is 0.0307. The second-order valence-corrected chi connectivity index (χ2v) is 4.10. The van der Waals surface area contributed by atoms with Gasteiger partial charge in [0.15, 0.2) is 0 Å². The minimum atomic E-state index is -0.429. The number of carbonyl (C=O) groups is 1. The Kier molecular flexibility index (Phi) is 2.50. The number of carbonyl (C=O) groups excluding carboxylic acids is 1. The number of pyridine rings is 1. The molecule has 5 heteroatoms. The van der Waals surface area contributed by atoms with Gasteiger partial charge in [-0.05, 0) is 34.8 Å². The van der Waals surface area contributed by atoms with E-state index in [9.17, 15) is 9.18 Å². The molecule has 0 unspecified atom stereocenters. The van der Waals surface area contributed by atoms with Gasteiger partial charge in [0.05, 0.1) is 10.7 Å². The molecule has 0 radical (unpaired) electrons. The van der Waals surface area contributed by atoms with E-state index in [0.717, 1.165) is 19.0 Å². The molecule has 1 aromatic rings. The molecule has 0 bridgehead atoms. The highest BCUT2D eigenvalue weighted by Crippen LogP contribution is 2.31. The molecular formula is C9H8BrFN2O. The third kappa shape index (κ3) is 2.09. The lowest BCUT2D eigenvalue weighted by Gasteiger charge is -2.04. The van der Waals surface area contributed by atoms with E-state index in [1.165, 1.54) is 6.07 Å². The van der Waals surface area contributed by atoms with E-state index in [2.05, 4.69) is 26.2 Å². The summed E-state index contributed by atoms with van der Waals surface area (Å²) in [5, 5.41) is 2.64. The van der Waals surface area contributed by atoms with Crippen molar-refractivity contribution in [3.63, 3.8) is 0 Å². The Hall–Kier alpha value is -0.970. The van der Waals surface area contributed by atoms with Crippen LogP contribution in [0.3, 0.4) is 0 Å². The van der Waals surface area contributed by atoms with Gasteiger partial charge in [-0.1, -0.05) is 0 Å². The number of hydrogen-bond acceptors (Lipinski definition) is 2. The number of anilines is 1. The van der Waals surface area contributed by atoms with Crippen LogP contribution in [0.1, 0.15) is 12.8 Å². The third-order valence-electron chi connectivity index (χ3n) is 2.00. The lowest BCUT2D eigenvalue weighted by Crippen LogP contribution is -2.14. The number of amides is 1. The van der Waals surface area contributed by atoms with Gasteiger partial charge in [-0.3, -0.25) is 4.79 Å². The van der Waals surface area contributed by atoms with Gasteiger partial charge in [-0.15, -0.1) is 0 Å². The maximum Gasteiger partial charge on any atom is 0.228 e. The first-order chi connectivity index (χ1) is 6.66. The van der Waals surface area contributed by atoms with Gasteiger partial charge in [0.2, 0.25) is 5.91 Å². The van der Waals surface area contributed by atoms with Crippen LogP contribution in [0.5, 0.6) is 0 Å². The Morgan fingerprint density at radius 2 is 2.36 bits per heavy atom. The van der Waals surface area contributed by atoms with Crippen LogP contribution in [0.2, 0.25) is 0 Å². The number of hydrogen-bond donors (Lipinski definition) is 1. The first kappa shape index (κ1) is 9.58. The lowest BCUT2D eigenvalue weighted by atomic mass is 10.4. The molecule has 0 aliphatic heterocycles. The van der Waals surface area contributed by atoms with Gasteiger partial charge in [-0.25, -0.2) is 9.37 Å². The zero-order valence-electron chi connectivity index (χ0n) is 7.26. The highest BCUT2D eigenvalue weighted by molar-refractivity contribution is 9.10. The van der Waals surface area contributed by atoms with E-state index >= 15 is 0 Å². The number of halogens is 2. The second-order valence-electron chi connectivity index (χ2n) is 3.25. The molecule has 0 atom stereocenters. The summed E-state index contributed by atoms with van der Waals surface area (Å²) in [6.07, 6.45) is 2.95. The van der Waals surface area contributed by atoms with Crippen LogP contribution in [-0.2, 0) is 4.79 Å². The Morgan fingerprint density at radius 3 is 2.93 bits per heavy atom. The largest absolute Gasteiger partial charge is 0.310 e. The van der Waals surface area contributed by atoms with Crippen LogP contribution in [0, 0.1) is 11.7 Å². The summed E-state index contributed by atoms with van der Waals surface area (Å²) in [5.41, 5.74) is 0. The highest BCUT2D eigenvalue weighted by atomic mass is 79.9. The molecule has 0 spiro atoms. The third-order valence-corrected chi connectivity index (χ3v) is 2.60. The van der Waals surface area contributed by atoms with E-state index in [1.54, 1.807) is 0 Å². The molecule has 1 aliphatic rings. The Morgan fingerprint density at radius 1 is 1.64 bits per heavy atom. The van der Waals surface area contributed by atoms with Crippen molar-refractivity contribution in [3.8, 4) is 0 Å². The molecule has 1 fully saturated rings. The molecule has 14 heavy (non-hydrogen) atoms. The van der Waals surface area contributed by atoms with E-state index in [4.69, 9.17) is 0 Å². The molecule has 1 heterocycles. The summed E-state index contributed by atoms with van der Waals surface area (Å²) in [4.78, 5) is 15.1. The predicted molar refractivity (Wildman–Crippen MR) is 53.2 cm³/mol. The van der Waals surface area contributed by atoms with Crippen LogP contribution in [-0.4, -0.2) is 10.9 Å². The highest BCUT2D eigenvalue weighted by Gasteiger charge is 2.30. The zero-order chi connectivity index (χ0) is 10.1. The lowest BCUT2D eigenvalue weighted by molar-refractivity contribution is -0.117. The van der Waals surface area contributed by atoms with Crippen molar-refractivity contribution in [2.75, 3.05) is 5.32 Å². The zero-order valence-corrected chi connectivity index (χ0v) is 8.84. The number of nitrogens with zero attached hydrogens (tertiary/aromatic N) is 1. The average Bonchev–Trinajstić information content (AvgIpc) is 2.92. The van der Waals surface area contributed by atoms with Crippen molar-refractivity contribution < 1.29 is 9.18 Å². The number of aromatic nitrogens is 1. The van der Waals surface area contributed by atoms with E-state index in [0.29, 0.717) is 10.3 Å². The Balaban J connectivity index is 2.11. The summed E-state index contributed by atoms with van der Waals surface area (Å²) in [6, 6.07) is 1.27. The molecule has 0 saturated heterocycles. The van der Waals surface area contributed by atoms with Gasteiger partial charge in [0.1, 0.15) is 11.6 Å². The molecule has 1 amide bonds.